The van der Waals surface area contributed by atoms with Crippen LogP contribution in [-0.4, -0.2) is 25.0 Å². The largest absolute Gasteiger partial charge is 0.416 e. The van der Waals surface area contributed by atoms with E-state index in [1.165, 1.54) is 0 Å². The minimum Gasteiger partial charge on any atom is -0.327 e. The van der Waals surface area contributed by atoms with Crippen molar-refractivity contribution in [3.8, 4) is 29.3 Å². The first kappa shape index (κ1) is 18.7. The van der Waals surface area contributed by atoms with Crippen molar-refractivity contribution in [3.05, 3.63) is 44.8 Å². The average Bonchev–Trinajstić information content (AvgIpc) is 3.16. The van der Waals surface area contributed by atoms with Gasteiger partial charge in [0.15, 0.2) is 22.9 Å². The third-order valence-electron chi connectivity index (χ3n) is 3.47. The van der Waals surface area contributed by atoms with Gasteiger partial charge in [0.25, 0.3) is 0 Å². The van der Waals surface area contributed by atoms with E-state index in [1.54, 1.807) is 19.1 Å². The Hall–Kier alpha value is -3.08. The second kappa shape index (κ2) is 6.58. The molecule has 0 bridgehead atoms. The summed E-state index contributed by atoms with van der Waals surface area (Å²) in [5.41, 5.74) is -0.717. The molecule has 3 aromatic rings. The first-order valence-corrected chi connectivity index (χ1v) is 7.82. The fourth-order valence-electron chi connectivity index (χ4n) is 2.27. The zero-order valence-corrected chi connectivity index (χ0v) is 14.7. The van der Waals surface area contributed by atoms with E-state index in [1.807, 2.05) is 0 Å². The van der Waals surface area contributed by atoms with Gasteiger partial charge in [0, 0.05) is 0 Å². The molecule has 2 heterocycles. The van der Waals surface area contributed by atoms with Crippen LogP contribution in [0.4, 0.5) is 13.2 Å². The molecule has 12 heteroatoms. The van der Waals surface area contributed by atoms with E-state index in [-0.39, 0.29) is 38.6 Å². The third-order valence-corrected chi connectivity index (χ3v) is 4.05. The van der Waals surface area contributed by atoms with Crippen LogP contribution in [0.25, 0.3) is 17.2 Å². The molecule has 1 N–H and O–H groups in total. The summed E-state index contributed by atoms with van der Waals surface area (Å²) in [5, 5.41) is 25.6. The Balaban J connectivity index is 2.12. The fraction of sp³-hybridized carbons (Fsp3) is 0.133. The number of nitriles is 2. The van der Waals surface area contributed by atoms with Crippen molar-refractivity contribution in [2.24, 2.45) is 0 Å². The molecule has 0 aliphatic rings. The van der Waals surface area contributed by atoms with Crippen LogP contribution in [0.3, 0.4) is 0 Å². The summed E-state index contributed by atoms with van der Waals surface area (Å²) >= 11 is 11.9. The number of hydrogen-bond donors (Lipinski definition) is 1. The number of halogens is 5. The summed E-state index contributed by atoms with van der Waals surface area (Å²) in [7, 11) is 0. The quantitative estimate of drug-likeness (QED) is 0.684. The van der Waals surface area contributed by atoms with E-state index in [0.29, 0.717) is 5.69 Å². The van der Waals surface area contributed by atoms with Crippen molar-refractivity contribution in [1.29, 1.82) is 10.5 Å². The standard InChI is InChI=1S/C15H6Cl2F3N7/c1-6-12(14-23-10(4-21)11(5-22)24-14)26-27(25-6)13-8(16)2-7(3-9(13)17)15(18,19)20/h2-3H,1H3,(H,23,24). The highest BCUT2D eigenvalue weighted by molar-refractivity contribution is 6.37. The zero-order chi connectivity index (χ0) is 19.9. The predicted molar refractivity (Wildman–Crippen MR) is 88.1 cm³/mol. The number of aromatic nitrogens is 5. The maximum atomic E-state index is 12.9. The molecule has 136 valence electrons. The fourth-order valence-corrected chi connectivity index (χ4v) is 2.90. The van der Waals surface area contributed by atoms with Crippen LogP contribution in [0.5, 0.6) is 0 Å². The molecule has 0 atom stereocenters. The smallest absolute Gasteiger partial charge is 0.327 e. The molecule has 1 aromatic carbocycles. The number of nitrogens with one attached hydrogen (secondary N) is 1. The normalized spacial score (nSPS) is 11.3. The maximum Gasteiger partial charge on any atom is 0.416 e. The highest BCUT2D eigenvalue weighted by Crippen LogP contribution is 2.37. The lowest BCUT2D eigenvalue weighted by Crippen LogP contribution is -2.08. The molecule has 3 rings (SSSR count). The molecule has 0 spiro atoms. The molecule has 0 fully saturated rings. The summed E-state index contributed by atoms with van der Waals surface area (Å²) < 4.78 is 38.6. The first-order chi connectivity index (χ1) is 12.7. The Bertz CT molecular complexity index is 1080. The molecule has 0 unspecified atom stereocenters. The second-order valence-electron chi connectivity index (χ2n) is 5.24. The summed E-state index contributed by atoms with van der Waals surface area (Å²) in [4.78, 5) is 7.56. The van der Waals surface area contributed by atoms with Crippen molar-refractivity contribution < 1.29 is 13.2 Å². The van der Waals surface area contributed by atoms with Gasteiger partial charge in [0.1, 0.15) is 17.8 Å². The van der Waals surface area contributed by atoms with Crippen molar-refractivity contribution in [2.45, 2.75) is 13.1 Å². The lowest BCUT2D eigenvalue weighted by atomic mass is 10.2. The summed E-state index contributed by atoms with van der Waals surface area (Å²) in [5.74, 6) is 0.103. The molecular weight excluding hydrogens is 406 g/mol. The Kier molecular flexibility index (Phi) is 4.56. The van der Waals surface area contributed by atoms with Crippen LogP contribution >= 0.6 is 23.2 Å². The van der Waals surface area contributed by atoms with Crippen LogP contribution < -0.4 is 0 Å². The molecule has 7 nitrogen and oxygen atoms in total. The molecule has 0 aliphatic carbocycles. The summed E-state index contributed by atoms with van der Waals surface area (Å²) in [6.45, 7) is 1.56. The lowest BCUT2D eigenvalue weighted by Gasteiger charge is -2.11. The van der Waals surface area contributed by atoms with E-state index >= 15 is 0 Å². The second-order valence-corrected chi connectivity index (χ2v) is 6.06. The van der Waals surface area contributed by atoms with Gasteiger partial charge in [-0.3, -0.25) is 0 Å². The SMILES string of the molecule is Cc1nn(-c2c(Cl)cc(C(F)(F)F)cc2Cl)nc1-c1nc(C#N)c(C#N)[nH]1. The molecule has 27 heavy (non-hydrogen) atoms. The molecule has 0 radical (unpaired) electrons. The van der Waals surface area contributed by atoms with Gasteiger partial charge in [-0.05, 0) is 19.1 Å². The minimum absolute atomic E-state index is 0.0479. The predicted octanol–water partition coefficient (Wildman–Crippen LogP) is 4.03. The Labute approximate surface area is 159 Å². The van der Waals surface area contributed by atoms with Crippen LogP contribution in [0, 0.1) is 29.6 Å². The molecule has 0 aliphatic heterocycles. The zero-order valence-electron chi connectivity index (χ0n) is 13.2. The van der Waals surface area contributed by atoms with Gasteiger partial charge in [-0.1, -0.05) is 23.2 Å². The van der Waals surface area contributed by atoms with Crippen molar-refractivity contribution in [2.75, 3.05) is 0 Å². The van der Waals surface area contributed by atoms with Gasteiger partial charge in [-0.15, -0.1) is 9.90 Å². The van der Waals surface area contributed by atoms with E-state index < -0.39 is 11.7 Å². The van der Waals surface area contributed by atoms with Crippen LogP contribution in [-0.2, 0) is 6.18 Å². The lowest BCUT2D eigenvalue weighted by molar-refractivity contribution is -0.137. The van der Waals surface area contributed by atoms with Crippen molar-refractivity contribution >= 4 is 23.2 Å². The van der Waals surface area contributed by atoms with Gasteiger partial charge in [0.2, 0.25) is 0 Å². The van der Waals surface area contributed by atoms with E-state index in [0.717, 1.165) is 16.9 Å². The van der Waals surface area contributed by atoms with Crippen molar-refractivity contribution in [3.63, 3.8) is 0 Å². The number of H-pyrrole nitrogens is 1. The average molecular weight is 412 g/mol. The number of aryl methyl sites for hydroxylation is 1. The highest BCUT2D eigenvalue weighted by atomic mass is 35.5. The molecule has 0 saturated carbocycles. The number of aromatic amines is 1. The Morgan fingerprint density at radius 2 is 1.74 bits per heavy atom. The molecule has 0 saturated heterocycles. The molecule has 0 amide bonds. The van der Waals surface area contributed by atoms with Crippen LogP contribution in [0.1, 0.15) is 22.6 Å². The van der Waals surface area contributed by atoms with E-state index in [2.05, 4.69) is 20.2 Å². The summed E-state index contributed by atoms with van der Waals surface area (Å²) in [6, 6.07) is 4.99. The number of rotatable bonds is 2. The first-order valence-electron chi connectivity index (χ1n) is 7.06. The molecular formula is C15H6Cl2F3N7. The highest BCUT2D eigenvalue weighted by Gasteiger charge is 2.32. The van der Waals surface area contributed by atoms with Gasteiger partial charge >= 0.3 is 6.18 Å². The van der Waals surface area contributed by atoms with Crippen LogP contribution in [0.15, 0.2) is 12.1 Å². The van der Waals surface area contributed by atoms with Gasteiger partial charge in [-0.2, -0.15) is 28.8 Å². The number of nitrogens with zero attached hydrogens (tertiary/aromatic N) is 6. The van der Waals surface area contributed by atoms with Gasteiger partial charge in [0.05, 0.1) is 21.3 Å². The van der Waals surface area contributed by atoms with E-state index in [9.17, 15) is 13.2 Å². The van der Waals surface area contributed by atoms with Crippen LogP contribution in [0.2, 0.25) is 10.0 Å². The Morgan fingerprint density at radius 1 is 1.11 bits per heavy atom. The minimum atomic E-state index is -4.61. The maximum absolute atomic E-state index is 12.9. The number of benzene rings is 1. The number of alkyl halides is 3. The number of hydrogen-bond acceptors (Lipinski definition) is 5. The Morgan fingerprint density at radius 3 is 2.22 bits per heavy atom. The topological polar surface area (TPSA) is 107 Å². The van der Waals surface area contributed by atoms with Gasteiger partial charge in [-0.25, -0.2) is 4.98 Å². The summed E-state index contributed by atoms with van der Waals surface area (Å²) in [6.07, 6.45) is -4.61. The van der Waals surface area contributed by atoms with Gasteiger partial charge < -0.3 is 4.98 Å². The van der Waals surface area contributed by atoms with E-state index in [4.69, 9.17) is 33.7 Å². The third kappa shape index (κ3) is 3.33. The number of imidazole rings is 1. The van der Waals surface area contributed by atoms with Crippen molar-refractivity contribution in [1.82, 2.24) is 25.0 Å². The molecule has 2 aromatic heterocycles. The monoisotopic (exact) mass is 411 g/mol.